The average molecular weight is 411 g/mol. The summed E-state index contributed by atoms with van der Waals surface area (Å²) >= 11 is 0. The Bertz CT molecular complexity index is 754. The van der Waals surface area contributed by atoms with E-state index >= 15 is 0 Å². The van der Waals surface area contributed by atoms with E-state index in [4.69, 9.17) is 9.16 Å². The molecule has 0 aliphatic heterocycles. The summed E-state index contributed by atoms with van der Waals surface area (Å²) in [5.74, 6) is -0.709. The maximum absolute atomic E-state index is 12.6. The first-order valence-electron chi connectivity index (χ1n) is 10.3. The standard InChI is InChI=1S/C25H34O3Si/c1-8-23(20(4)24(26)27-19(2)3)28-29(25(5,6)7,21-15-11-9-12-16-21)22-17-13-10-14-18-22/h8-20,23H,1H2,2-7H3/t20-,23-/m1/s1. The molecule has 156 valence electrons. The molecular weight excluding hydrogens is 376 g/mol. The molecule has 2 atom stereocenters. The third-order valence-corrected chi connectivity index (χ3v) is 10.2. The van der Waals surface area contributed by atoms with E-state index in [2.05, 4.69) is 75.9 Å². The molecule has 0 aromatic heterocycles. The zero-order valence-electron chi connectivity index (χ0n) is 18.5. The molecule has 0 radical (unpaired) electrons. The summed E-state index contributed by atoms with van der Waals surface area (Å²) in [6.07, 6.45) is 1.13. The molecule has 29 heavy (non-hydrogen) atoms. The SMILES string of the molecule is C=C[C@@H](O[Si](c1ccccc1)(c1ccccc1)C(C)(C)C)[C@@H](C)C(=O)OC(C)C. The van der Waals surface area contributed by atoms with Crippen LogP contribution >= 0.6 is 0 Å². The van der Waals surface area contributed by atoms with Gasteiger partial charge in [-0.2, -0.15) is 0 Å². The number of hydrogen-bond acceptors (Lipinski definition) is 3. The number of carbonyl (C=O) groups is 1. The molecule has 0 saturated carbocycles. The first kappa shape index (κ1) is 23.1. The molecule has 0 aliphatic rings. The van der Waals surface area contributed by atoms with Crippen molar-refractivity contribution in [2.24, 2.45) is 5.92 Å². The Kier molecular flexibility index (Phi) is 7.61. The smallest absolute Gasteiger partial charge is 0.311 e. The van der Waals surface area contributed by atoms with Gasteiger partial charge in [-0.25, -0.2) is 0 Å². The molecule has 0 amide bonds. The van der Waals surface area contributed by atoms with Crippen molar-refractivity contribution in [1.82, 2.24) is 0 Å². The molecule has 2 aromatic carbocycles. The second kappa shape index (κ2) is 9.55. The van der Waals surface area contributed by atoms with Gasteiger partial charge in [-0.05, 0) is 36.2 Å². The van der Waals surface area contributed by atoms with Crippen LogP contribution in [0.3, 0.4) is 0 Å². The van der Waals surface area contributed by atoms with Gasteiger partial charge in [0.25, 0.3) is 8.32 Å². The summed E-state index contributed by atoms with van der Waals surface area (Å²) in [7, 11) is -2.76. The number of benzene rings is 2. The van der Waals surface area contributed by atoms with Gasteiger partial charge in [-0.15, -0.1) is 6.58 Å². The molecule has 0 fully saturated rings. The Morgan fingerprint density at radius 2 is 1.38 bits per heavy atom. The normalized spacial score (nSPS) is 14.3. The maximum Gasteiger partial charge on any atom is 0.311 e. The Morgan fingerprint density at radius 3 is 1.72 bits per heavy atom. The van der Waals surface area contributed by atoms with Gasteiger partial charge >= 0.3 is 5.97 Å². The third kappa shape index (κ3) is 5.06. The lowest BCUT2D eigenvalue weighted by molar-refractivity contribution is -0.154. The highest BCUT2D eigenvalue weighted by Crippen LogP contribution is 2.38. The molecule has 0 N–H and O–H groups in total. The molecule has 2 rings (SSSR count). The van der Waals surface area contributed by atoms with E-state index in [1.54, 1.807) is 6.08 Å². The highest BCUT2D eigenvalue weighted by Gasteiger charge is 2.52. The number of esters is 1. The van der Waals surface area contributed by atoms with Crippen LogP contribution in [-0.2, 0) is 14.0 Å². The van der Waals surface area contributed by atoms with Crippen LogP contribution in [0.4, 0.5) is 0 Å². The fourth-order valence-electron chi connectivity index (χ4n) is 3.72. The van der Waals surface area contributed by atoms with Crippen molar-refractivity contribution in [3.63, 3.8) is 0 Å². The van der Waals surface area contributed by atoms with E-state index in [1.165, 1.54) is 10.4 Å². The van der Waals surface area contributed by atoms with Gasteiger partial charge in [0.2, 0.25) is 0 Å². The zero-order chi connectivity index (χ0) is 21.7. The minimum Gasteiger partial charge on any atom is -0.463 e. The molecule has 0 spiro atoms. The Balaban J connectivity index is 2.61. The summed E-state index contributed by atoms with van der Waals surface area (Å²) in [5.41, 5.74) is 0. The predicted octanol–water partition coefficient (Wildman–Crippen LogP) is 4.71. The van der Waals surface area contributed by atoms with Crippen LogP contribution in [0.5, 0.6) is 0 Å². The van der Waals surface area contributed by atoms with Crippen molar-refractivity contribution < 1.29 is 14.0 Å². The van der Waals surface area contributed by atoms with E-state index in [1.807, 2.05) is 32.9 Å². The summed E-state index contributed by atoms with van der Waals surface area (Å²) in [5, 5.41) is 2.18. The van der Waals surface area contributed by atoms with Gasteiger partial charge in [-0.1, -0.05) is 87.5 Å². The first-order valence-corrected chi connectivity index (χ1v) is 12.2. The first-order chi connectivity index (χ1) is 13.6. The van der Waals surface area contributed by atoms with Crippen LogP contribution in [0, 0.1) is 5.92 Å². The van der Waals surface area contributed by atoms with Crippen molar-refractivity contribution in [1.29, 1.82) is 0 Å². The van der Waals surface area contributed by atoms with Crippen LogP contribution in [0.25, 0.3) is 0 Å². The fourth-order valence-corrected chi connectivity index (χ4v) is 8.45. The van der Waals surface area contributed by atoms with Crippen molar-refractivity contribution in [3.8, 4) is 0 Å². The van der Waals surface area contributed by atoms with Crippen LogP contribution in [0.2, 0.25) is 5.04 Å². The average Bonchev–Trinajstić information content (AvgIpc) is 2.68. The number of carbonyl (C=O) groups excluding carboxylic acids is 1. The number of rotatable bonds is 8. The minimum absolute atomic E-state index is 0.164. The molecule has 0 saturated heterocycles. The molecular formula is C25H34O3Si. The van der Waals surface area contributed by atoms with Crippen molar-refractivity contribution in [3.05, 3.63) is 73.3 Å². The molecule has 3 nitrogen and oxygen atoms in total. The molecule has 0 bridgehead atoms. The predicted molar refractivity (Wildman–Crippen MR) is 123 cm³/mol. The molecule has 0 heterocycles. The topological polar surface area (TPSA) is 35.5 Å². The summed E-state index contributed by atoms with van der Waals surface area (Å²) < 4.78 is 12.5. The van der Waals surface area contributed by atoms with E-state index in [9.17, 15) is 4.79 Å². The lowest BCUT2D eigenvalue weighted by Crippen LogP contribution is -2.68. The van der Waals surface area contributed by atoms with Gasteiger partial charge in [0.1, 0.15) is 0 Å². The minimum atomic E-state index is -2.76. The van der Waals surface area contributed by atoms with Crippen LogP contribution < -0.4 is 10.4 Å². The zero-order valence-corrected chi connectivity index (χ0v) is 19.5. The van der Waals surface area contributed by atoms with E-state index in [-0.39, 0.29) is 17.1 Å². The van der Waals surface area contributed by atoms with Gasteiger partial charge in [0, 0.05) is 0 Å². The Labute approximate surface area is 176 Å². The lowest BCUT2D eigenvalue weighted by Gasteiger charge is -2.45. The van der Waals surface area contributed by atoms with Crippen LogP contribution in [0.15, 0.2) is 73.3 Å². The second-order valence-electron chi connectivity index (χ2n) is 8.76. The molecule has 0 aliphatic carbocycles. The quantitative estimate of drug-likeness (QED) is 0.359. The number of ether oxygens (including phenoxy) is 1. The van der Waals surface area contributed by atoms with Crippen LogP contribution in [0.1, 0.15) is 41.5 Å². The number of hydrogen-bond donors (Lipinski definition) is 0. The monoisotopic (exact) mass is 410 g/mol. The third-order valence-electron chi connectivity index (χ3n) is 5.18. The highest BCUT2D eigenvalue weighted by molar-refractivity contribution is 6.99. The van der Waals surface area contributed by atoms with Gasteiger partial charge in [0.05, 0.1) is 18.1 Å². The molecule has 0 unspecified atom stereocenters. The van der Waals surface area contributed by atoms with Crippen LogP contribution in [-0.4, -0.2) is 26.5 Å². The van der Waals surface area contributed by atoms with Crippen molar-refractivity contribution >= 4 is 24.7 Å². The molecule has 2 aromatic rings. The van der Waals surface area contributed by atoms with Gasteiger partial charge < -0.3 is 9.16 Å². The summed E-state index contributed by atoms with van der Waals surface area (Å²) in [4.78, 5) is 12.6. The fraction of sp³-hybridized carbons (Fsp3) is 0.400. The van der Waals surface area contributed by atoms with Gasteiger partial charge in [0.15, 0.2) is 0 Å². The Hall–Kier alpha value is -2.17. The Morgan fingerprint density at radius 1 is 0.931 bits per heavy atom. The van der Waals surface area contributed by atoms with Crippen molar-refractivity contribution in [2.75, 3.05) is 0 Å². The summed E-state index contributed by atoms with van der Waals surface area (Å²) in [6.45, 7) is 16.2. The van der Waals surface area contributed by atoms with E-state index in [0.29, 0.717) is 0 Å². The largest absolute Gasteiger partial charge is 0.463 e. The summed E-state index contributed by atoms with van der Waals surface area (Å²) in [6, 6.07) is 20.8. The maximum atomic E-state index is 12.6. The van der Waals surface area contributed by atoms with Crippen molar-refractivity contribution in [2.45, 2.75) is 58.8 Å². The lowest BCUT2D eigenvalue weighted by atomic mass is 10.1. The van der Waals surface area contributed by atoms with E-state index < -0.39 is 20.3 Å². The second-order valence-corrected chi connectivity index (χ2v) is 13.0. The van der Waals surface area contributed by atoms with E-state index in [0.717, 1.165) is 0 Å². The highest BCUT2D eigenvalue weighted by atomic mass is 28.4. The van der Waals surface area contributed by atoms with Gasteiger partial charge in [-0.3, -0.25) is 4.79 Å². The molecule has 4 heteroatoms.